The number of piperazine rings is 1. The van der Waals surface area contributed by atoms with Crippen molar-refractivity contribution in [2.45, 2.75) is 12.7 Å². The van der Waals surface area contributed by atoms with Gasteiger partial charge >= 0.3 is 12.1 Å². The summed E-state index contributed by atoms with van der Waals surface area (Å²) in [7, 11) is 1.60. The maximum Gasteiger partial charge on any atom is 0.490 e. The quantitative estimate of drug-likeness (QED) is 0.466. The Hall–Kier alpha value is -3.90. The first kappa shape index (κ1) is 28.7. The minimum Gasteiger partial charge on any atom is -0.497 e. The molecule has 1 aliphatic heterocycles. The van der Waals surface area contributed by atoms with Crippen LogP contribution in [0.4, 0.5) is 18.9 Å². The molecule has 202 valence electrons. The number of methoxy groups -OCH3 is 1. The van der Waals surface area contributed by atoms with Crippen LogP contribution in [0.25, 0.3) is 0 Å². The summed E-state index contributed by atoms with van der Waals surface area (Å²) in [6, 6.07) is 18.9. The zero-order valence-electron chi connectivity index (χ0n) is 20.4. The van der Waals surface area contributed by atoms with Gasteiger partial charge in [0.2, 0.25) is 0 Å². The molecule has 0 bridgehead atoms. The van der Waals surface area contributed by atoms with E-state index in [1.165, 1.54) is 11.3 Å². The molecule has 2 amide bonds. The Balaban J connectivity index is 0.000000505. The number of hydrogen-bond donors (Lipinski definition) is 2. The van der Waals surface area contributed by atoms with Gasteiger partial charge in [0, 0.05) is 44.0 Å². The van der Waals surface area contributed by atoms with Gasteiger partial charge in [0.05, 0.1) is 12.0 Å². The van der Waals surface area contributed by atoms with Crippen molar-refractivity contribution >= 4 is 34.8 Å². The second-order valence-corrected chi connectivity index (χ2v) is 9.18. The highest BCUT2D eigenvalue weighted by Gasteiger charge is 2.38. The fraction of sp³-hybridized carbons (Fsp3) is 0.269. The van der Waals surface area contributed by atoms with Gasteiger partial charge in [0.1, 0.15) is 5.75 Å². The number of carboxylic acids is 1. The Morgan fingerprint density at radius 2 is 1.68 bits per heavy atom. The molecule has 0 aliphatic carbocycles. The lowest BCUT2D eigenvalue weighted by Crippen LogP contribution is -2.48. The van der Waals surface area contributed by atoms with Gasteiger partial charge in [0.15, 0.2) is 0 Å². The number of carbonyl (C=O) groups is 3. The number of nitrogens with one attached hydrogen (secondary N) is 1. The monoisotopic (exact) mass is 549 g/mol. The Morgan fingerprint density at radius 3 is 2.29 bits per heavy atom. The first-order chi connectivity index (χ1) is 18.1. The molecular formula is C26H26F3N3O5S. The maximum absolute atomic E-state index is 12.8. The van der Waals surface area contributed by atoms with E-state index in [1.807, 2.05) is 58.8 Å². The van der Waals surface area contributed by atoms with Gasteiger partial charge in [-0.05, 0) is 47.3 Å². The van der Waals surface area contributed by atoms with Crippen molar-refractivity contribution in [2.24, 2.45) is 0 Å². The van der Waals surface area contributed by atoms with Crippen LogP contribution in [0, 0.1) is 0 Å². The van der Waals surface area contributed by atoms with E-state index in [0.29, 0.717) is 29.3 Å². The van der Waals surface area contributed by atoms with E-state index in [0.717, 1.165) is 30.9 Å². The number of carbonyl (C=O) groups excluding carboxylic acids is 2. The third kappa shape index (κ3) is 8.32. The molecule has 38 heavy (non-hydrogen) atoms. The Labute approximate surface area is 221 Å². The zero-order valence-corrected chi connectivity index (χ0v) is 21.2. The first-order valence-electron chi connectivity index (χ1n) is 11.5. The average molecular weight is 550 g/mol. The first-order valence-corrected chi connectivity index (χ1v) is 12.3. The van der Waals surface area contributed by atoms with Crippen molar-refractivity contribution in [3.05, 3.63) is 82.0 Å². The highest BCUT2D eigenvalue weighted by atomic mass is 32.1. The molecule has 1 aromatic heterocycles. The number of rotatable bonds is 6. The van der Waals surface area contributed by atoms with Crippen LogP contribution in [-0.2, 0) is 11.3 Å². The third-order valence-electron chi connectivity index (χ3n) is 5.55. The van der Waals surface area contributed by atoms with Crippen LogP contribution in [0.5, 0.6) is 5.75 Å². The van der Waals surface area contributed by atoms with Crippen molar-refractivity contribution in [1.29, 1.82) is 0 Å². The van der Waals surface area contributed by atoms with Crippen LogP contribution in [0.2, 0.25) is 0 Å². The van der Waals surface area contributed by atoms with E-state index < -0.39 is 12.1 Å². The Morgan fingerprint density at radius 1 is 1.00 bits per heavy atom. The number of ether oxygens (including phenoxy) is 1. The van der Waals surface area contributed by atoms with Crippen LogP contribution in [-0.4, -0.2) is 72.2 Å². The molecule has 8 nitrogen and oxygen atoms in total. The molecule has 2 N–H and O–H groups in total. The summed E-state index contributed by atoms with van der Waals surface area (Å²) in [6.45, 7) is 3.77. The number of carboxylic acid groups (broad SMARTS) is 1. The van der Waals surface area contributed by atoms with Crippen LogP contribution in [0.1, 0.15) is 25.6 Å². The molecule has 1 aliphatic rings. The summed E-state index contributed by atoms with van der Waals surface area (Å²) in [4.78, 5) is 38.9. The molecule has 1 saturated heterocycles. The molecule has 0 saturated carbocycles. The van der Waals surface area contributed by atoms with Crippen molar-refractivity contribution in [1.82, 2.24) is 9.80 Å². The highest BCUT2D eigenvalue weighted by molar-refractivity contribution is 7.12. The molecule has 1 fully saturated rings. The van der Waals surface area contributed by atoms with E-state index in [2.05, 4.69) is 16.3 Å². The van der Waals surface area contributed by atoms with Crippen LogP contribution in [0.3, 0.4) is 0 Å². The average Bonchev–Trinajstić information content (AvgIpc) is 3.44. The summed E-state index contributed by atoms with van der Waals surface area (Å²) >= 11 is 1.43. The fourth-order valence-electron chi connectivity index (χ4n) is 3.65. The van der Waals surface area contributed by atoms with Crippen molar-refractivity contribution in [3.63, 3.8) is 0 Å². The number of hydrogen-bond acceptors (Lipinski definition) is 6. The number of thiophene rings is 1. The van der Waals surface area contributed by atoms with Gasteiger partial charge in [0.25, 0.3) is 11.8 Å². The van der Waals surface area contributed by atoms with E-state index in [9.17, 15) is 22.8 Å². The third-order valence-corrected chi connectivity index (χ3v) is 6.42. The summed E-state index contributed by atoms with van der Waals surface area (Å²) in [5, 5.41) is 12.0. The second kappa shape index (κ2) is 13.1. The number of halogens is 3. The molecular weight excluding hydrogens is 523 g/mol. The summed E-state index contributed by atoms with van der Waals surface area (Å²) in [6.07, 6.45) is -5.08. The number of amides is 2. The normalized spacial score (nSPS) is 13.7. The minimum absolute atomic E-state index is 0.0387. The topological polar surface area (TPSA) is 99.2 Å². The number of anilines is 1. The molecule has 0 unspecified atom stereocenters. The van der Waals surface area contributed by atoms with Gasteiger partial charge in [-0.1, -0.05) is 24.3 Å². The summed E-state index contributed by atoms with van der Waals surface area (Å²) < 4.78 is 37.0. The smallest absolute Gasteiger partial charge is 0.490 e. The van der Waals surface area contributed by atoms with E-state index in [-0.39, 0.29) is 11.8 Å². The van der Waals surface area contributed by atoms with Crippen LogP contribution < -0.4 is 10.1 Å². The van der Waals surface area contributed by atoms with Crippen molar-refractivity contribution in [3.8, 4) is 5.75 Å². The standard InChI is InChI=1S/C24H25N3O3S.C2HF3O2/c1-30-21-8-3-6-19(16-21)24(29)27-12-10-26(11-13-27)17-18-5-2-7-20(15-18)25-23(28)22-9-4-14-31-22;3-2(4,5)1(6)7/h2-9,14-16H,10-13,17H2,1H3,(H,25,28);(H,6,7). The zero-order chi connectivity index (χ0) is 27.7. The molecule has 3 aromatic rings. The van der Waals surface area contributed by atoms with E-state index >= 15 is 0 Å². The fourth-order valence-corrected chi connectivity index (χ4v) is 4.27. The van der Waals surface area contributed by atoms with Crippen LogP contribution in [0.15, 0.2) is 66.0 Å². The molecule has 12 heteroatoms. The molecule has 2 aromatic carbocycles. The van der Waals surface area contributed by atoms with Gasteiger partial charge < -0.3 is 20.1 Å². The Bertz CT molecular complexity index is 1240. The molecule has 4 rings (SSSR count). The SMILES string of the molecule is COc1cccc(C(=O)N2CCN(Cc3cccc(NC(=O)c4cccs4)c3)CC2)c1.O=C(O)C(F)(F)F. The highest BCUT2D eigenvalue weighted by Crippen LogP contribution is 2.19. The van der Waals surface area contributed by atoms with Crippen LogP contribution >= 0.6 is 11.3 Å². The van der Waals surface area contributed by atoms with Gasteiger partial charge in [-0.3, -0.25) is 14.5 Å². The Kier molecular flexibility index (Phi) is 9.85. The molecule has 0 spiro atoms. The van der Waals surface area contributed by atoms with Crippen molar-refractivity contribution < 1.29 is 37.4 Å². The molecule has 2 heterocycles. The van der Waals surface area contributed by atoms with E-state index in [1.54, 1.807) is 13.2 Å². The van der Waals surface area contributed by atoms with Gasteiger partial charge in [-0.15, -0.1) is 11.3 Å². The van der Waals surface area contributed by atoms with Crippen molar-refractivity contribution in [2.75, 3.05) is 38.6 Å². The lowest BCUT2D eigenvalue weighted by molar-refractivity contribution is -0.192. The molecule has 0 atom stereocenters. The largest absolute Gasteiger partial charge is 0.497 e. The predicted octanol–water partition coefficient (Wildman–Crippen LogP) is 4.60. The predicted molar refractivity (Wildman–Crippen MR) is 137 cm³/mol. The minimum atomic E-state index is -5.08. The lowest BCUT2D eigenvalue weighted by Gasteiger charge is -2.35. The van der Waals surface area contributed by atoms with Gasteiger partial charge in [-0.25, -0.2) is 4.79 Å². The number of benzene rings is 2. The van der Waals surface area contributed by atoms with E-state index in [4.69, 9.17) is 14.6 Å². The summed E-state index contributed by atoms with van der Waals surface area (Å²) in [5.74, 6) is -2.11. The second-order valence-electron chi connectivity index (χ2n) is 8.24. The lowest BCUT2D eigenvalue weighted by atomic mass is 10.1. The number of alkyl halides is 3. The summed E-state index contributed by atoms with van der Waals surface area (Å²) in [5.41, 5.74) is 2.58. The molecule has 0 radical (unpaired) electrons. The number of nitrogens with zero attached hydrogens (tertiary/aromatic N) is 2. The van der Waals surface area contributed by atoms with Gasteiger partial charge in [-0.2, -0.15) is 13.2 Å². The number of aliphatic carboxylic acids is 1. The maximum atomic E-state index is 12.8.